The van der Waals surface area contributed by atoms with Gasteiger partial charge < -0.3 is 0 Å². The Morgan fingerprint density at radius 3 is 0.826 bits per heavy atom. The average molecular weight is 677 g/mol. The van der Waals surface area contributed by atoms with Crippen molar-refractivity contribution in [2.75, 3.05) is 11.5 Å². The van der Waals surface area contributed by atoms with Crippen molar-refractivity contribution in [3.63, 3.8) is 0 Å². The Hall–Kier alpha value is -1.24. The third kappa shape index (κ3) is 20.2. The van der Waals surface area contributed by atoms with Crippen LogP contribution in [-0.4, -0.2) is 11.5 Å². The van der Waals surface area contributed by atoms with Crippen molar-refractivity contribution in [1.82, 2.24) is 0 Å². The standard InChI is InChI=1S/C40H66F2N2S2/c1-3-5-7-9-11-13-15-17-19-21-23-25-27-29-31-45-39-37(41)35(33-43)36(34-44)38(42)40(39)46-32-30-28-26-24-22-20-18-16-14-12-10-8-6-4-2/h3-32H2,1-2H3. The van der Waals surface area contributed by atoms with E-state index >= 15 is 8.78 Å². The van der Waals surface area contributed by atoms with E-state index < -0.39 is 22.8 Å². The number of nitriles is 2. The third-order valence-corrected chi connectivity index (χ3v) is 11.5. The van der Waals surface area contributed by atoms with Crippen molar-refractivity contribution >= 4 is 23.5 Å². The number of nitrogens with zero attached hydrogens (tertiary/aromatic N) is 2. The van der Waals surface area contributed by atoms with Crippen LogP contribution in [0.4, 0.5) is 8.78 Å². The summed E-state index contributed by atoms with van der Waals surface area (Å²) in [6.07, 6.45) is 35.9. The number of unbranched alkanes of at least 4 members (excludes halogenated alkanes) is 26. The molecule has 0 bridgehead atoms. The zero-order chi connectivity index (χ0) is 33.5. The van der Waals surface area contributed by atoms with Gasteiger partial charge in [-0.05, 0) is 24.3 Å². The predicted molar refractivity (Wildman–Crippen MR) is 198 cm³/mol. The maximum Gasteiger partial charge on any atom is 0.157 e. The van der Waals surface area contributed by atoms with Crippen LogP contribution in [-0.2, 0) is 0 Å². The molecule has 1 aromatic carbocycles. The summed E-state index contributed by atoms with van der Waals surface area (Å²) >= 11 is 2.62. The fourth-order valence-electron chi connectivity index (χ4n) is 6.06. The van der Waals surface area contributed by atoms with Gasteiger partial charge in [0, 0.05) is 0 Å². The Morgan fingerprint density at radius 1 is 0.391 bits per heavy atom. The number of halogens is 2. The monoisotopic (exact) mass is 676 g/mol. The van der Waals surface area contributed by atoms with Gasteiger partial charge in [0.2, 0.25) is 0 Å². The molecule has 0 saturated heterocycles. The lowest BCUT2D eigenvalue weighted by Gasteiger charge is -2.14. The highest BCUT2D eigenvalue weighted by molar-refractivity contribution is 8.02. The molecule has 262 valence electrons. The van der Waals surface area contributed by atoms with Crippen molar-refractivity contribution in [2.45, 2.75) is 203 Å². The Balaban J connectivity index is 2.31. The second-order valence-electron chi connectivity index (χ2n) is 13.1. The van der Waals surface area contributed by atoms with E-state index in [1.54, 1.807) is 12.1 Å². The Kier molecular flexibility index (Phi) is 28.9. The molecule has 6 heteroatoms. The third-order valence-electron chi connectivity index (χ3n) is 9.01. The lowest BCUT2D eigenvalue weighted by atomic mass is 10.0. The second kappa shape index (κ2) is 31.1. The van der Waals surface area contributed by atoms with Crippen molar-refractivity contribution in [1.29, 1.82) is 10.5 Å². The van der Waals surface area contributed by atoms with Crippen LogP contribution in [0, 0.1) is 34.3 Å². The first-order valence-electron chi connectivity index (χ1n) is 19.2. The molecule has 0 unspecified atom stereocenters. The summed E-state index contributed by atoms with van der Waals surface area (Å²) < 4.78 is 30.7. The van der Waals surface area contributed by atoms with E-state index in [9.17, 15) is 10.5 Å². The highest BCUT2D eigenvalue weighted by Crippen LogP contribution is 2.40. The molecule has 0 saturated carbocycles. The normalized spacial score (nSPS) is 11.2. The van der Waals surface area contributed by atoms with Crippen LogP contribution in [0.2, 0.25) is 0 Å². The van der Waals surface area contributed by atoms with Gasteiger partial charge in [0.15, 0.2) is 11.6 Å². The molecular weight excluding hydrogens is 611 g/mol. The second-order valence-corrected chi connectivity index (χ2v) is 15.4. The molecule has 0 spiro atoms. The first-order chi connectivity index (χ1) is 22.6. The minimum absolute atomic E-state index is 0.220. The van der Waals surface area contributed by atoms with Gasteiger partial charge in [0.1, 0.15) is 23.3 Å². The van der Waals surface area contributed by atoms with Crippen LogP contribution in [0.5, 0.6) is 0 Å². The smallest absolute Gasteiger partial charge is 0.157 e. The first-order valence-corrected chi connectivity index (χ1v) is 21.2. The minimum Gasteiger partial charge on any atom is -0.204 e. The van der Waals surface area contributed by atoms with E-state index in [-0.39, 0.29) is 9.79 Å². The van der Waals surface area contributed by atoms with Crippen LogP contribution < -0.4 is 0 Å². The average Bonchev–Trinajstić information content (AvgIpc) is 3.06. The van der Waals surface area contributed by atoms with E-state index in [2.05, 4.69) is 13.8 Å². The van der Waals surface area contributed by atoms with Crippen molar-refractivity contribution in [3.05, 3.63) is 22.8 Å². The largest absolute Gasteiger partial charge is 0.204 e. The van der Waals surface area contributed by atoms with E-state index in [4.69, 9.17) is 0 Å². The number of hydrogen-bond donors (Lipinski definition) is 0. The van der Waals surface area contributed by atoms with Gasteiger partial charge in [0.25, 0.3) is 0 Å². The summed E-state index contributed by atoms with van der Waals surface area (Å²) in [6, 6.07) is 3.48. The van der Waals surface area contributed by atoms with E-state index in [1.165, 1.54) is 178 Å². The summed E-state index contributed by atoms with van der Waals surface area (Å²) in [5.74, 6) is -0.0617. The first kappa shape index (κ1) is 42.8. The maximum absolute atomic E-state index is 15.4. The fourth-order valence-corrected chi connectivity index (χ4v) is 8.41. The van der Waals surface area contributed by atoms with E-state index in [0.29, 0.717) is 11.5 Å². The summed E-state index contributed by atoms with van der Waals surface area (Å²) in [5.41, 5.74) is -0.909. The number of benzene rings is 1. The van der Waals surface area contributed by atoms with Gasteiger partial charge in [-0.3, -0.25) is 0 Å². The van der Waals surface area contributed by atoms with Gasteiger partial charge >= 0.3 is 0 Å². The Labute approximate surface area is 291 Å². The van der Waals surface area contributed by atoms with Crippen molar-refractivity contribution < 1.29 is 8.78 Å². The SMILES string of the molecule is CCCCCCCCCCCCCCCCSc1c(F)c(C#N)c(C#N)c(F)c1SCCCCCCCCCCCCCCCC. The van der Waals surface area contributed by atoms with Crippen molar-refractivity contribution in [3.8, 4) is 12.1 Å². The highest BCUT2D eigenvalue weighted by Gasteiger charge is 2.25. The topological polar surface area (TPSA) is 47.6 Å². The molecule has 1 rings (SSSR count). The Morgan fingerprint density at radius 2 is 0.609 bits per heavy atom. The highest BCUT2D eigenvalue weighted by atomic mass is 32.2. The molecule has 0 fully saturated rings. The van der Waals surface area contributed by atoms with Crippen LogP contribution in [0.15, 0.2) is 9.79 Å². The molecule has 0 atom stereocenters. The van der Waals surface area contributed by atoms with Crippen LogP contribution >= 0.6 is 23.5 Å². The van der Waals surface area contributed by atoms with Gasteiger partial charge in [-0.15, -0.1) is 23.5 Å². The lowest BCUT2D eigenvalue weighted by molar-refractivity contribution is 0.537. The molecular formula is C40H66F2N2S2. The Bertz CT molecular complexity index is 893. The fraction of sp³-hybridized carbons (Fsp3) is 0.800. The summed E-state index contributed by atoms with van der Waals surface area (Å²) in [5, 5.41) is 18.9. The molecule has 0 aliphatic carbocycles. The molecule has 46 heavy (non-hydrogen) atoms. The molecule has 0 aliphatic heterocycles. The van der Waals surface area contributed by atoms with Crippen molar-refractivity contribution in [2.24, 2.45) is 0 Å². The van der Waals surface area contributed by atoms with E-state index in [0.717, 1.165) is 25.7 Å². The summed E-state index contributed by atoms with van der Waals surface area (Å²) in [7, 11) is 0. The summed E-state index contributed by atoms with van der Waals surface area (Å²) in [4.78, 5) is 0.441. The molecule has 0 aliphatic rings. The molecule has 0 amide bonds. The molecule has 0 heterocycles. The number of rotatable bonds is 32. The predicted octanol–water partition coefficient (Wildman–Crippen LogP) is 14.9. The van der Waals surface area contributed by atoms with E-state index in [1.807, 2.05) is 0 Å². The van der Waals surface area contributed by atoms with Gasteiger partial charge in [-0.2, -0.15) is 10.5 Å². The lowest BCUT2D eigenvalue weighted by Crippen LogP contribution is -2.02. The van der Waals surface area contributed by atoms with Gasteiger partial charge in [-0.25, -0.2) is 8.78 Å². The molecule has 0 N–H and O–H groups in total. The number of thioether (sulfide) groups is 2. The van der Waals surface area contributed by atoms with Gasteiger partial charge in [-0.1, -0.05) is 181 Å². The number of hydrogen-bond acceptors (Lipinski definition) is 4. The molecule has 0 radical (unpaired) electrons. The molecule has 2 nitrogen and oxygen atoms in total. The zero-order valence-electron chi connectivity index (χ0n) is 29.7. The summed E-state index contributed by atoms with van der Waals surface area (Å²) in [6.45, 7) is 4.52. The van der Waals surface area contributed by atoms with Crippen LogP contribution in [0.1, 0.15) is 205 Å². The molecule has 1 aromatic rings. The van der Waals surface area contributed by atoms with Crippen LogP contribution in [0.25, 0.3) is 0 Å². The maximum atomic E-state index is 15.4. The quantitative estimate of drug-likeness (QED) is 0.0563. The van der Waals surface area contributed by atoms with Crippen LogP contribution in [0.3, 0.4) is 0 Å². The van der Waals surface area contributed by atoms with Gasteiger partial charge in [0.05, 0.1) is 9.79 Å². The zero-order valence-corrected chi connectivity index (χ0v) is 31.3. The minimum atomic E-state index is -0.723. The molecule has 0 aromatic heterocycles.